The summed E-state index contributed by atoms with van der Waals surface area (Å²) < 4.78 is 5.42. The predicted octanol–water partition coefficient (Wildman–Crippen LogP) is 2.33. The van der Waals surface area contributed by atoms with Crippen molar-refractivity contribution >= 4 is 11.8 Å². The number of nitrogens with zero attached hydrogens (tertiary/aromatic N) is 1. The van der Waals surface area contributed by atoms with E-state index in [1.807, 2.05) is 50.2 Å². The van der Waals surface area contributed by atoms with E-state index in [0.717, 1.165) is 16.7 Å². The molecule has 2 aromatic carbocycles. The lowest BCUT2D eigenvalue weighted by molar-refractivity contribution is -0.130. The van der Waals surface area contributed by atoms with E-state index in [-0.39, 0.29) is 18.9 Å². The molecule has 2 aromatic rings. The second-order valence-electron chi connectivity index (χ2n) is 6.02. The molecule has 0 fully saturated rings. The summed E-state index contributed by atoms with van der Waals surface area (Å²) in [7, 11) is 0. The molecule has 26 heavy (non-hydrogen) atoms. The minimum Gasteiger partial charge on any atom is -0.484 e. The smallest absolute Gasteiger partial charge is 0.276 e. The number of benzene rings is 2. The molecular formula is C20H21N3O3. The molecule has 0 unspecified atom stereocenters. The van der Waals surface area contributed by atoms with Gasteiger partial charge in [-0.25, -0.2) is 0 Å². The summed E-state index contributed by atoms with van der Waals surface area (Å²) in [5.41, 5.74) is 8.32. The maximum Gasteiger partial charge on any atom is 0.276 e. The summed E-state index contributed by atoms with van der Waals surface area (Å²) in [6, 6.07) is 14.8. The van der Waals surface area contributed by atoms with Crippen molar-refractivity contribution in [3.8, 4) is 11.8 Å². The van der Waals surface area contributed by atoms with E-state index in [2.05, 4.69) is 10.9 Å². The molecular weight excluding hydrogens is 330 g/mol. The Morgan fingerprint density at radius 1 is 1.00 bits per heavy atom. The van der Waals surface area contributed by atoms with Crippen LogP contribution in [0.15, 0.2) is 42.5 Å². The van der Waals surface area contributed by atoms with Gasteiger partial charge in [0.2, 0.25) is 5.91 Å². The quantitative estimate of drug-likeness (QED) is 0.782. The number of aryl methyl sites for hydroxylation is 3. The minimum atomic E-state index is -0.434. The third kappa shape index (κ3) is 6.29. The van der Waals surface area contributed by atoms with Gasteiger partial charge in [-0.3, -0.25) is 20.4 Å². The van der Waals surface area contributed by atoms with Crippen LogP contribution < -0.4 is 15.6 Å². The first-order valence-corrected chi connectivity index (χ1v) is 8.24. The Labute approximate surface area is 152 Å². The molecule has 2 amide bonds. The Bertz CT molecular complexity index is 803. The van der Waals surface area contributed by atoms with Gasteiger partial charge < -0.3 is 4.74 Å². The van der Waals surface area contributed by atoms with Gasteiger partial charge in [-0.05, 0) is 61.2 Å². The van der Waals surface area contributed by atoms with Crippen molar-refractivity contribution in [1.82, 2.24) is 10.9 Å². The largest absolute Gasteiger partial charge is 0.484 e. The third-order valence-electron chi connectivity index (χ3n) is 3.63. The fourth-order valence-corrected chi connectivity index (χ4v) is 2.41. The lowest BCUT2D eigenvalue weighted by Crippen LogP contribution is -2.43. The highest BCUT2D eigenvalue weighted by molar-refractivity contribution is 5.82. The molecule has 0 bridgehead atoms. The number of nitrogens with one attached hydrogen (secondary N) is 2. The zero-order chi connectivity index (χ0) is 18.9. The molecule has 0 saturated carbocycles. The van der Waals surface area contributed by atoms with Crippen LogP contribution in [-0.4, -0.2) is 18.4 Å². The zero-order valence-electron chi connectivity index (χ0n) is 14.8. The second-order valence-corrected chi connectivity index (χ2v) is 6.02. The third-order valence-corrected chi connectivity index (χ3v) is 3.63. The fourth-order valence-electron chi connectivity index (χ4n) is 2.41. The molecule has 6 nitrogen and oxygen atoms in total. The van der Waals surface area contributed by atoms with Crippen LogP contribution in [0.4, 0.5) is 0 Å². The van der Waals surface area contributed by atoms with Crippen LogP contribution in [0.3, 0.4) is 0 Å². The van der Waals surface area contributed by atoms with Crippen LogP contribution in [0.2, 0.25) is 0 Å². The number of rotatable bonds is 6. The van der Waals surface area contributed by atoms with Gasteiger partial charge in [0.05, 0.1) is 11.6 Å². The van der Waals surface area contributed by atoms with Gasteiger partial charge in [-0.1, -0.05) is 18.2 Å². The van der Waals surface area contributed by atoms with Gasteiger partial charge in [0, 0.05) is 6.42 Å². The molecule has 134 valence electrons. The maximum absolute atomic E-state index is 11.8. The van der Waals surface area contributed by atoms with Crippen LogP contribution in [-0.2, 0) is 16.0 Å². The molecule has 0 aromatic heterocycles. The highest BCUT2D eigenvalue weighted by Gasteiger charge is 2.07. The number of carbonyl (C=O) groups is 2. The van der Waals surface area contributed by atoms with Gasteiger partial charge >= 0.3 is 0 Å². The molecule has 0 aliphatic heterocycles. The molecule has 0 aliphatic carbocycles. The first kappa shape index (κ1) is 19.0. The van der Waals surface area contributed by atoms with E-state index in [1.165, 1.54) is 0 Å². The number of ether oxygens (including phenoxy) is 1. The first-order valence-electron chi connectivity index (χ1n) is 8.24. The number of hydrazine groups is 1. The average Bonchev–Trinajstić information content (AvgIpc) is 2.62. The normalized spacial score (nSPS) is 9.88. The molecule has 0 heterocycles. The van der Waals surface area contributed by atoms with Crippen molar-refractivity contribution in [2.75, 3.05) is 6.61 Å². The van der Waals surface area contributed by atoms with Gasteiger partial charge in [0.1, 0.15) is 5.75 Å². The number of hydrogen-bond donors (Lipinski definition) is 2. The van der Waals surface area contributed by atoms with Crippen LogP contribution in [0.5, 0.6) is 5.75 Å². The Balaban J connectivity index is 1.69. The van der Waals surface area contributed by atoms with Gasteiger partial charge in [-0.2, -0.15) is 5.26 Å². The molecule has 2 rings (SSSR count). The summed E-state index contributed by atoms with van der Waals surface area (Å²) in [6.45, 7) is 3.72. The average molecular weight is 351 g/mol. The predicted molar refractivity (Wildman–Crippen MR) is 97.2 cm³/mol. The molecule has 0 atom stereocenters. The van der Waals surface area contributed by atoms with Crippen LogP contribution in [0, 0.1) is 25.2 Å². The minimum absolute atomic E-state index is 0.182. The van der Waals surface area contributed by atoms with Gasteiger partial charge in [0.15, 0.2) is 6.61 Å². The molecule has 0 saturated heterocycles. The summed E-state index contributed by atoms with van der Waals surface area (Å²) >= 11 is 0. The van der Waals surface area contributed by atoms with Crippen LogP contribution >= 0.6 is 0 Å². The molecule has 0 spiro atoms. The van der Waals surface area contributed by atoms with E-state index >= 15 is 0 Å². The van der Waals surface area contributed by atoms with Crippen LogP contribution in [0.25, 0.3) is 0 Å². The molecule has 2 N–H and O–H groups in total. The maximum atomic E-state index is 11.8. The van der Waals surface area contributed by atoms with Gasteiger partial charge in [0.25, 0.3) is 5.91 Å². The fraction of sp³-hybridized carbons (Fsp3) is 0.250. The molecule has 0 radical (unpaired) electrons. The lowest BCUT2D eigenvalue weighted by Gasteiger charge is -2.10. The Hall–Kier alpha value is -3.33. The van der Waals surface area contributed by atoms with Crippen molar-refractivity contribution in [3.05, 3.63) is 64.7 Å². The highest BCUT2D eigenvalue weighted by atomic mass is 16.5. The van der Waals surface area contributed by atoms with Crippen molar-refractivity contribution in [2.24, 2.45) is 0 Å². The first-order chi connectivity index (χ1) is 12.5. The standard InChI is InChI=1S/C20H21N3O3/c1-14-9-15(2)11-18(10-14)26-13-20(25)23-22-19(24)8-7-16-3-5-17(12-21)6-4-16/h3-6,9-11H,7-8,13H2,1-2H3,(H,22,24)(H,23,25). The Morgan fingerprint density at radius 2 is 1.62 bits per heavy atom. The number of hydrogen-bond acceptors (Lipinski definition) is 4. The van der Waals surface area contributed by atoms with Crippen molar-refractivity contribution in [3.63, 3.8) is 0 Å². The zero-order valence-corrected chi connectivity index (χ0v) is 14.8. The van der Waals surface area contributed by atoms with E-state index in [1.54, 1.807) is 12.1 Å². The van der Waals surface area contributed by atoms with Crippen LogP contribution in [0.1, 0.15) is 28.7 Å². The molecule has 0 aliphatic rings. The SMILES string of the molecule is Cc1cc(C)cc(OCC(=O)NNC(=O)CCc2ccc(C#N)cc2)c1. The van der Waals surface area contributed by atoms with Gasteiger partial charge in [-0.15, -0.1) is 0 Å². The van der Waals surface area contributed by atoms with Crippen molar-refractivity contribution in [1.29, 1.82) is 5.26 Å². The van der Waals surface area contributed by atoms with E-state index in [0.29, 0.717) is 17.7 Å². The van der Waals surface area contributed by atoms with Crippen molar-refractivity contribution < 1.29 is 14.3 Å². The Morgan fingerprint density at radius 3 is 2.23 bits per heavy atom. The number of nitriles is 1. The van der Waals surface area contributed by atoms with E-state index in [4.69, 9.17) is 10.00 Å². The summed E-state index contributed by atoms with van der Waals surface area (Å²) in [6.07, 6.45) is 0.747. The topological polar surface area (TPSA) is 91.2 Å². The summed E-state index contributed by atoms with van der Waals surface area (Å²) in [4.78, 5) is 23.5. The number of carbonyl (C=O) groups excluding carboxylic acids is 2. The second kappa shape index (κ2) is 9.23. The summed E-state index contributed by atoms with van der Waals surface area (Å²) in [5, 5.41) is 8.75. The number of amides is 2. The summed E-state index contributed by atoms with van der Waals surface area (Å²) in [5.74, 6) is -0.116. The highest BCUT2D eigenvalue weighted by Crippen LogP contribution is 2.15. The van der Waals surface area contributed by atoms with E-state index < -0.39 is 5.91 Å². The Kier molecular flexibility index (Phi) is 6.75. The molecule has 6 heteroatoms. The van der Waals surface area contributed by atoms with Crippen molar-refractivity contribution in [2.45, 2.75) is 26.7 Å². The van der Waals surface area contributed by atoms with E-state index in [9.17, 15) is 9.59 Å². The monoisotopic (exact) mass is 351 g/mol. The lowest BCUT2D eigenvalue weighted by atomic mass is 10.1.